The van der Waals surface area contributed by atoms with Crippen LogP contribution in [0.15, 0.2) is 12.2 Å². The first kappa shape index (κ1) is 25.2. The van der Waals surface area contributed by atoms with Gasteiger partial charge in [-0.05, 0) is 91.8 Å². The Morgan fingerprint density at radius 2 is 1.64 bits per heavy atom. The average molecular weight is 463 g/mol. The second-order valence-corrected chi connectivity index (χ2v) is 12.9. The standard InChI is InChI=1S/C28H46O5/c1-15(2)19(26(32)33)7-6-16(3)20-8-9-21-25-22(14-24(31)28(20,21)5)27(4)11-10-18(29)12-17(27)13-23(25)30/h6-7,15-25,29-31H,8-14H2,1-5H3,(H,32,33)/b7-6+/t16-,17+,18-,19-,20-,21+,22+,23-,24+,25+,27+,28-/m1/s1. The molecule has 0 spiro atoms. The third kappa shape index (κ3) is 4.00. The maximum Gasteiger partial charge on any atom is 0.310 e. The van der Waals surface area contributed by atoms with E-state index in [0.29, 0.717) is 11.8 Å². The Kier molecular flexibility index (Phi) is 6.83. The van der Waals surface area contributed by atoms with Crippen LogP contribution in [0.2, 0.25) is 0 Å². The van der Waals surface area contributed by atoms with Gasteiger partial charge in [0.2, 0.25) is 0 Å². The summed E-state index contributed by atoms with van der Waals surface area (Å²) in [5, 5.41) is 42.8. The Labute approximate surface area is 199 Å². The maximum atomic E-state index is 11.6. The molecule has 33 heavy (non-hydrogen) atoms. The van der Waals surface area contributed by atoms with Crippen LogP contribution in [0.25, 0.3) is 0 Å². The van der Waals surface area contributed by atoms with Gasteiger partial charge in [0.1, 0.15) is 0 Å². The molecule has 12 atom stereocenters. The number of hydrogen-bond donors (Lipinski definition) is 4. The Morgan fingerprint density at radius 3 is 2.27 bits per heavy atom. The van der Waals surface area contributed by atoms with Crippen LogP contribution in [0.5, 0.6) is 0 Å². The molecule has 0 unspecified atom stereocenters. The Bertz CT molecular complexity index is 763. The second-order valence-electron chi connectivity index (χ2n) is 12.9. The predicted octanol–water partition coefficient (Wildman–Crippen LogP) is 4.50. The fourth-order valence-corrected chi connectivity index (χ4v) is 9.08. The lowest BCUT2D eigenvalue weighted by atomic mass is 9.43. The molecule has 4 aliphatic carbocycles. The molecule has 5 nitrogen and oxygen atoms in total. The first-order valence-corrected chi connectivity index (χ1v) is 13.4. The smallest absolute Gasteiger partial charge is 0.310 e. The molecule has 4 N–H and O–H groups in total. The zero-order valence-corrected chi connectivity index (χ0v) is 21.2. The van der Waals surface area contributed by atoms with Gasteiger partial charge >= 0.3 is 5.97 Å². The van der Waals surface area contributed by atoms with Crippen molar-refractivity contribution >= 4 is 5.97 Å². The molecule has 0 amide bonds. The summed E-state index contributed by atoms with van der Waals surface area (Å²) in [5.41, 5.74) is -0.180. The van der Waals surface area contributed by atoms with Gasteiger partial charge < -0.3 is 20.4 Å². The zero-order valence-electron chi connectivity index (χ0n) is 21.2. The van der Waals surface area contributed by atoms with Crippen molar-refractivity contribution < 1.29 is 25.2 Å². The Balaban J connectivity index is 1.59. The maximum absolute atomic E-state index is 11.6. The van der Waals surface area contributed by atoms with Crippen molar-refractivity contribution in [3.05, 3.63) is 12.2 Å². The summed E-state index contributed by atoms with van der Waals surface area (Å²) in [6.07, 6.45) is 9.03. The fraction of sp³-hybridized carbons (Fsp3) is 0.893. The quantitative estimate of drug-likeness (QED) is 0.451. The summed E-state index contributed by atoms with van der Waals surface area (Å²) < 4.78 is 0. The van der Waals surface area contributed by atoms with E-state index in [1.807, 2.05) is 19.9 Å². The van der Waals surface area contributed by atoms with Gasteiger partial charge in [0.05, 0.1) is 24.2 Å². The highest BCUT2D eigenvalue weighted by atomic mass is 16.4. The third-order valence-corrected chi connectivity index (χ3v) is 11.1. The van der Waals surface area contributed by atoms with Gasteiger partial charge in [0.25, 0.3) is 0 Å². The minimum Gasteiger partial charge on any atom is -0.481 e. The van der Waals surface area contributed by atoms with Crippen LogP contribution in [-0.4, -0.2) is 44.7 Å². The van der Waals surface area contributed by atoms with Crippen LogP contribution in [0.4, 0.5) is 0 Å². The van der Waals surface area contributed by atoms with Gasteiger partial charge in [-0.25, -0.2) is 0 Å². The average Bonchev–Trinajstić information content (AvgIpc) is 3.08. The minimum absolute atomic E-state index is 0.0407. The lowest BCUT2D eigenvalue weighted by Crippen LogP contribution is -2.62. The molecule has 188 valence electrons. The Morgan fingerprint density at radius 1 is 0.939 bits per heavy atom. The van der Waals surface area contributed by atoms with Crippen molar-refractivity contribution in [2.45, 2.75) is 97.9 Å². The molecule has 5 heteroatoms. The lowest BCUT2D eigenvalue weighted by Gasteiger charge is -2.63. The number of hydrogen-bond acceptors (Lipinski definition) is 4. The number of aliphatic hydroxyl groups is 3. The van der Waals surface area contributed by atoms with Gasteiger partial charge in [-0.1, -0.05) is 46.8 Å². The third-order valence-electron chi connectivity index (χ3n) is 11.1. The SMILES string of the molecule is CC(C)[C@@H](/C=C/[C@@H](C)[C@H]1CC[C@H]2[C@@H]3[C@H](O)C[C@@H]4C[C@H](O)CC[C@]4(C)[C@H]3C[C@H](O)[C@]12C)C(=O)O. The van der Waals surface area contributed by atoms with Crippen LogP contribution < -0.4 is 0 Å². The number of carbonyl (C=O) groups is 1. The molecule has 4 rings (SSSR count). The Hall–Kier alpha value is -0.910. The number of carboxylic acids is 1. The molecule has 0 saturated heterocycles. The zero-order chi connectivity index (χ0) is 24.3. The largest absolute Gasteiger partial charge is 0.481 e. The summed E-state index contributed by atoms with van der Waals surface area (Å²) in [4.78, 5) is 11.6. The number of rotatable bonds is 5. The van der Waals surface area contributed by atoms with Crippen molar-refractivity contribution in [1.82, 2.24) is 0 Å². The van der Waals surface area contributed by atoms with Gasteiger partial charge in [-0.15, -0.1) is 0 Å². The van der Waals surface area contributed by atoms with E-state index in [1.165, 1.54) is 0 Å². The molecule has 0 radical (unpaired) electrons. The number of carboxylic acid groups (broad SMARTS) is 1. The monoisotopic (exact) mass is 462 g/mol. The summed E-state index contributed by atoms with van der Waals surface area (Å²) in [5.74, 6) is 0.352. The van der Waals surface area contributed by atoms with Gasteiger partial charge in [-0.3, -0.25) is 4.79 Å². The van der Waals surface area contributed by atoms with E-state index in [9.17, 15) is 25.2 Å². The summed E-state index contributed by atoms with van der Waals surface area (Å²) in [6.45, 7) is 10.6. The molecule has 4 saturated carbocycles. The van der Waals surface area contributed by atoms with Crippen LogP contribution in [0.3, 0.4) is 0 Å². The number of aliphatic hydroxyl groups excluding tert-OH is 3. The lowest BCUT2D eigenvalue weighted by molar-refractivity contribution is -0.206. The van der Waals surface area contributed by atoms with Gasteiger partial charge in [-0.2, -0.15) is 0 Å². The highest BCUT2D eigenvalue weighted by Crippen LogP contribution is 2.68. The van der Waals surface area contributed by atoms with Crippen LogP contribution in [0, 0.1) is 58.2 Å². The van der Waals surface area contributed by atoms with E-state index in [1.54, 1.807) is 0 Å². The summed E-state index contributed by atoms with van der Waals surface area (Å²) >= 11 is 0. The molecule has 0 bridgehead atoms. The molecular formula is C28H46O5. The second kappa shape index (κ2) is 8.95. The number of fused-ring (bicyclic) bond motifs is 5. The van der Waals surface area contributed by atoms with Crippen LogP contribution >= 0.6 is 0 Å². The molecular weight excluding hydrogens is 416 g/mol. The number of aliphatic carboxylic acids is 1. The minimum atomic E-state index is -0.782. The van der Waals surface area contributed by atoms with Crippen molar-refractivity contribution in [2.75, 3.05) is 0 Å². The van der Waals surface area contributed by atoms with E-state index in [4.69, 9.17) is 0 Å². The molecule has 4 aliphatic rings. The highest BCUT2D eigenvalue weighted by Gasteiger charge is 2.65. The van der Waals surface area contributed by atoms with E-state index >= 15 is 0 Å². The number of allylic oxidation sites excluding steroid dienone is 1. The van der Waals surface area contributed by atoms with Crippen molar-refractivity contribution in [3.63, 3.8) is 0 Å². The van der Waals surface area contributed by atoms with E-state index in [2.05, 4.69) is 26.8 Å². The molecule has 4 fully saturated rings. The van der Waals surface area contributed by atoms with Crippen molar-refractivity contribution in [2.24, 2.45) is 58.2 Å². The molecule has 0 aromatic carbocycles. The molecule has 0 aliphatic heterocycles. The summed E-state index contributed by atoms with van der Waals surface area (Å²) in [7, 11) is 0. The van der Waals surface area contributed by atoms with Crippen LogP contribution in [0.1, 0.15) is 79.6 Å². The normalized spacial score (nSPS) is 49.4. The molecule has 0 aromatic rings. The van der Waals surface area contributed by atoms with E-state index in [0.717, 1.165) is 44.9 Å². The topological polar surface area (TPSA) is 98.0 Å². The molecule has 0 aromatic heterocycles. The van der Waals surface area contributed by atoms with Gasteiger partial charge in [0.15, 0.2) is 0 Å². The summed E-state index contributed by atoms with van der Waals surface area (Å²) in [6, 6.07) is 0. The van der Waals surface area contributed by atoms with Crippen molar-refractivity contribution in [1.29, 1.82) is 0 Å². The van der Waals surface area contributed by atoms with Crippen LogP contribution in [-0.2, 0) is 4.79 Å². The first-order valence-electron chi connectivity index (χ1n) is 13.4. The molecule has 0 heterocycles. The fourth-order valence-electron chi connectivity index (χ4n) is 9.08. The van der Waals surface area contributed by atoms with Gasteiger partial charge in [0, 0.05) is 5.41 Å². The van der Waals surface area contributed by atoms with E-state index < -0.39 is 18.0 Å². The predicted molar refractivity (Wildman–Crippen MR) is 128 cm³/mol. The van der Waals surface area contributed by atoms with E-state index in [-0.39, 0.29) is 52.6 Å². The first-order chi connectivity index (χ1) is 15.4. The highest BCUT2D eigenvalue weighted by molar-refractivity contribution is 5.72. The van der Waals surface area contributed by atoms with Crippen molar-refractivity contribution in [3.8, 4) is 0 Å².